The van der Waals surface area contributed by atoms with E-state index in [0.29, 0.717) is 5.82 Å². The zero-order chi connectivity index (χ0) is 41.7. The molecule has 1 aromatic heterocycles. The molecule has 2 nitrogen and oxygen atoms in total. The number of hydrogen-bond donors (Lipinski definition) is 0. The Morgan fingerprint density at radius 3 is 1.49 bits per heavy atom. The monoisotopic (exact) mass is 800 g/mol. The Bertz CT molecular complexity index is 3440. The van der Waals surface area contributed by atoms with Crippen LogP contribution in [-0.2, 0) is 5.41 Å². The van der Waals surface area contributed by atoms with Crippen LogP contribution in [0, 0.1) is 0 Å². The molecule has 1 heterocycles. The SMILES string of the molecule is c1ccc(-c2ccc(-c3cc(-c4ccc5ccccc5c4)nc(-c4ccc(-c5ccc6c(c5)C(c5ccccc5)(c5ccccc5)c5ccccc5-6)c5ccccc45)n3)cc2)cc1. The van der Waals surface area contributed by atoms with Crippen LogP contribution in [0.25, 0.3) is 88.8 Å². The summed E-state index contributed by atoms with van der Waals surface area (Å²) in [5, 5.41) is 4.65. The minimum absolute atomic E-state index is 0.479. The van der Waals surface area contributed by atoms with Gasteiger partial charge in [-0.25, -0.2) is 9.97 Å². The molecule has 0 radical (unpaired) electrons. The summed E-state index contributed by atoms with van der Waals surface area (Å²) < 4.78 is 0. The first-order valence-corrected chi connectivity index (χ1v) is 21.6. The van der Waals surface area contributed by atoms with E-state index in [-0.39, 0.29) is 0 Å². The molecular weight excluding hydrogens is 761 g/mol. The van der Waals surface area contributed by atoms with Crippen molar-refractivity contribution in [2.45, 2.75) is 5.41 Å². The van der Waals surface area contributed by atoms with Crippen LogP contribution in [0.1, 0.15) is 22.3 Å². The van der Waals surface area contributed by atoms with Gasteiger partial charge in [0, 0.05) is 16.7 Å². The van der Waals surface area contributed by atoms with E-state index >= 15 is 0 Å². The van der Waals surface area contributed by atoms with Crippen LogP contribution in [0.4, 0.5) is 0 Å². The lowest BCUT2D eigenvalue weighted by Crippen LogP contribution is -2.28. The number of hydrogen-bond acceptors (Lipinski definition) is 2. The van der Waals surface area contributed by atoms with Crippen molar-refractivity contribution >= 4 is 21.5 Å². The average Bonchev–Trinajstić information content (AvgIpc) is 3.67. The summed E-state index contributed by atoms with van der Waals surface area (Å²) in [6.45, 7) is 0. The van der Waals surface area contributed by atoms with E-state index in [2.05, 4.69) is 243 Å². The number of benzene rings is 10. The highest BCUT2D eigenvalue weighted by Crippen LogP contribution is 2.57. The highest BCUT2D eigenvalue weighted by molar-refractivity contribution is 6.05. The predicted molar refractivity (Wildman–Crippen MR) is 262 cm³/mol. The summed E-state index contributed by atoms with van der Waals surface area (Å²) in [4.78, 5) is 10.7. The van der Waals surface area contributed by atoms with E-state index in [1.807, 2.05) is 0 Å². The lowest BCUT2D eigenvalue weighted by atomic mass is 9.67. The normalized spacial score (nSPS) is 12.6. The van der Waals surface area contributed by atoms with Gasteiger partial charge in [0.1, 0.15) is 0 Å². The van der Waals surface area contributed by atoms with Crippen molar-refractivity contribution in [3.63, 3.8) is 0 Å². The van der Waals surface area contributed by atoms with Crippen molar-refractivity contribution in [1.82, 2.24) is 9.97 Å². The van der Waals surface area contributed by atoms with Crippen molar-refractivity contribution in [2.24, 2.45) is 0 Å². The van der Waals surface area contributed by atoms with Crippen LogP contribution in [0.5, 0.6) is 0 Å². The first-order chi connectivity index (χ1) is 31.2. The van der Waals surface area contributed by atoms with Crippen LogP contribution >= 0.6 is 0 Å². The van der Waals surface area contributed by atoms with Crippen molar-refractivity contribution in [3.8, 4) is 67.3 Å². The molecule has 0 aliphatic heterocycles. The minimum atomic E-state index is -0.479. The molecule has 63 heavy (non-hydrogen) atoms. The van der Waals surface area contributed by atoms with Gasteiger partial charge in [0.25, 0.3) is 0 Å². The Balaban J connectivity index is 1.03. The molecule has 1 aliphatic rings. The molecule has 11 aromatic rings. The number of nitrogens with zero attached hydrogens (tertiary/aromatic N) is 2. The fourth-order valence-electron chi connectivity index (χ4n) is 10.0. The maximum absolute atomic E-state index is 5.37. The minimum Gasteiger partial charge on any atom is -0.228 e. The average molecular weight is 801 g/mol. The van der Waals surface area contributed by atoms with Gasteiger partial charge in [-0.15, -0.1) is 0 Å². The second-order valence-electron chi connectivity index (χ2n) is 16.5. The van der Waals surface area contributed by atoms with E-state index in [1.54, 1.807) is 0 Å². The van der Waals surface area contributed by atoms with Gasteiger partial charge < -0.3 is 0 Å². The third-order valence-corrected chi connectivity index (χ3v) is 13.0. The largest absolute Gasteiger partial charge is 0.228 e. The molecule has 12 rings (SSSR count). The molecule has 0 N–H and O–H groups in total. The van der Waals surface area contributed by atoms with E-state index in [0.717, 1.165) is 38.9 Å². The van der Waals surface area contributed by atoms with Gasteiger partial charge in [0.15, 0.2) is 5.82 Å². The number of rotatable bonds is 7. The lowest BCUT2D eigenvalue weighted by Gasteiger charge is -2.34. The Kier molecular flexibility index (Phi) is 8.76. The molecule has 10 aromatic carbocycles. The van der Waals surface area contributed by atoms with Crippen LogP contribution < -0.4 is 0 Å². The third kappa shape index (κ3) is 6.10. The second kappa shape index (κ2) is 15.1. The number of aromatic nitrogens is 2. The van der Waals surface area contributed by atoms with Crippen molar-refractivity contribution in [1.29, 1.82) is 0 Å². The van der Waals surface area contributed by atoms with Crippen LogP contribution in [0.3, 0.4) is 0 Å². The fourth-order valence-corrected chi connectivity index (χ4v) is 10.0. The Hall–Kier alpha value is -8.20. The Morgan fingerprint density at radius 2 is 0.762 bits per heavy atom. The first kappa shape index (κ1) is 36.6. The highest BCUT2D eigenvalue weighted by Gasteiger charge is 2.46. The van der Waals surface area contributed by atoms with E-state index in [1.165, 1.54) is 66.4 Å². The highest BCUT2D eigenvalue weighted by atomic mass is 14.9. The molecule has 0 atom stereocenters. The molecule has 0 saturated heterocycles. The molecule has 0 unspecified atom stereocenters. The first-order valence-electron chi connectivity index (χ1n) is 21.6. The van der Waals surface area contributed by atoms with Gasteiger partial charge in [-0.05, 0) is 101 Å². The summed E-state index contributed by atoms with van der Waals surface area (Å²) in [6.07, 6.45) is 0. The molecule has 0 bridgehead atoms. The molecular formula is C61H40N2. The van der Waals surface area contributed by atoms with Crippen LogP contribution in [0.2, 0.25) is 0 Å². The summed E-state index contributed by atoms with van der Waals surface area (Å²) in [5.41, 5.74) is 16.8. The van der Waals surface area contributed by atoms with Crippen molar-refractivity contribution in [3.05, 3.63) is 265 Å². The fraction of sp³-hybridized carbons (Fsp3) is 0.0164. The molecule has 0 saturated carbocycles. The lowest BCUT2D eigenvalue weighted by molar-refractivity contribution is 0.769. The van der Waals surface area contributed by atoms with Gasteiger partial charge in [-0.2, -0.15) is 0 Å². The Morgan fingerprint density at radius 1 is 0.270 bits per heavy atom. The van der Waals surface area contributed by atoms with Gasteiger partial charge in [-0.1, -0.05) is 218 Å². The molecule has 0 spiro atoms. The van der Waals surface area contributed by atoms with E-state index < -0.39 is 5.41 Å². The molecule has 0 amide bonds. The zero-order valence-corrected chi connectivity index (χ0v) is 34.5. The topological polar surface area (TPSA) is 25.8 Å². The van der Waals surface area contributed by atoms with Gasteiger partial charge in [0.2, 0.25) is 0 Å². The second-order valence-corrected chi connectivity index (χ2v) is 16.5. The summed E-state index contributed by atoms with van der Waals surface area (Å²) >= 11 is 0. The van der Waals surface area contributed by atoms with Crippen molar-refractivity contribution in [2.75, 3.05) is 0 Å². The van der Waals surface area contributed by atoms with Gasteiger partial charge in [-0.3, -0.25) is 0 Å². The Labute approximate surface area is 367 Å². The summed E-state index contributed by atoms with van der Waals surface area (Å²) in [5.74, 6) is 0.696. The van der Waals surface area contributed by atoms with E-state index in [9.17, 15) is 0 Å². The predicted octanol–water partition coefficient (Wildman–Crippen LogP) is 15.5. The van der Waals surface area contributed by atoms with Crippen LogP contribution in [0.15, 0.2) is 243 Å². The third-order valence-electron chi connectivity index (χ3n) is 13.0. The van der Waals surface area contributed by atoms with Crippen LogP contribution in [-0.4, -0.2) is 9.97 Å². The van der Waals surface area contributed by atoms with Gasteiger partial charge in [0.05, 0.1) is 16.8 Å². The summed E-state index contributed by atoms with van der Waals surface area (Å²) in [7, 11) is 0. The molecule has 0 fully saturated rings. The molecule has 2 heteroatoms. The standard InChI is InChI=1S/C61H40N2/c1-4-16-41(17-5-1)43-28-31-44(32-29-43)58-40-59(47-33-30-42-18-10-11-19-45(42)38-47)63-60(62-58)55-37-36-50(51-24-12-13-25-52(51)55)46-34-35-54-53-26-14-15-27-56(53)61(57(54)39-46,48-20-6-2-7-21-48)49-22-8-3-9-23-49/h1-40H. The van der Waals surface area contributed by atoms with Gasteiger partial charge >= 0.3 is 0 Å². The maximum Gasteiger partial charge on any atom is 0.161 e. The zero-order valence-electron chi connectivity index (χ0n) is 34.5. The number of fused-ring (bicyclic) bond motifs is 5. The molecule has 294 valence electrons. The van der Waals surface area contributed by atoms with Crippen molar-refractivity contribution < 1.29 is 0 Å². The smallest absolute Gasteiger partial charge is 0.161 e. The summed E-state index contributed by atoms with van der Waals surface area (Å²) in [6, 6.07) is 87.8. The maximum atomic E-state index is 5.37. The van der Waals surface area contributed by atoms with E-state index in [4.69, 9.17) is 9.97 Å². The molecule has 1 aliphatic carbocycles. The quantitative estimate of drug-likeness (QED) is 0.160.